The fourth-order valence-corrected chi connectivity index (χ4v) is 3.19. The van der Waals surface area contributed by atoms with Gasteiger partial charge in [0.1, 0.15) is 0 Å². The molecule has 2 heterocycles. The summed E-state index contributed by atoms with van der Waals surface area (Å²) in [7, 11) is 1.48. The lowest BCUT2D eigenvalue weighted by Gasteiger charge is -2.14. The molecular weight excluding hydrogens is 409 g/mol. The van der Waals surface area contributed by atoms with Crippen LogP contribution in [0.25, 0.3) is 27.1 Å². The lowest BCUT2D eigenvalue weighted by atomic mass is 10.1. The monoisotopic (exact) mass is 420 g/mol. The number of aromatic nitrogens is 1. The third kappa shape index (κ3) is 3.25. The number of fused-ring (bicyclic) bond motifs is 4. The SMILES string of the molecule is COc1ccc2cc3c4ccccc4cc[n+]3cc2c1OC(=O)C(Cl)(Cl)Cl. The lowest BCUT2D eigenvalue weighted by molar-refractivity contribution is -0.509. The lowest BCUT2D eigenvalue weighted by Crippen LogP contribution is -2.25. The molecule has 7 heteroatoms. The molecule has 0 N–H and O–H groups in total. The van der Waals surface area contributed by atoms with E-state index in [2.05, 4.69) is 12.1 Å². The van der Waals surface area contributed by atoms with Gasteiger partial charge in [-0.15, -0.1) is 0 Å². The van der Waals surface area contributed by atoms with Gasteiger partial charge in [-0.2, -0.15) is 4.40 Å². The Bertz CT molecular complexity index is 1200. The fourth-order valence-electron chi connectivity index (χ4n) is 3.08. The molecule has 136 valence electrons. The summed E-state index contributed by atoms with van der Waals surface area (Å²) in [6.07, 6.45) is 3.80. The highest BCUT2D eigenvalue weighted by atomic mass is 35.6. The second-order valence-electron chi connectivity index (χ2n) is 5.96. The zero-order valence-corrected chi connectivity index (χ0v) is 16.3. The molecule has 0 spiro atoms. The number of pyridine rings is 2. The van der Waals surface area contributed by atoms with E-state index in [1.807, 2.05) is 47.1 Å². The highest BCUT2D eigenvalue weighted by Crippen LogP contribution is 2.38. The van der Waals surface area contributed by atoms with E-state index < -0.39 is 9.76 Å². The standard InChI is InChI=1S/C20H13Cl3NO3/c1-26-17-7-6-13-10-16-14-5-3-2-4-12(14)8-9-24(16)11-15(13)18(17)27-19(25)20(21,22)23/h2-11H,1H3/q+1. The molecule has 4 rings (SSSR count). The van der Waals surface area contributed by atoms with Gasteiger partial charge in [-0.25, -0.2) is 4.79 Å². The summed E-state index contributed by atoms with van der Waals surface area (Å²) >= 11 is 17.0. The number of carbonyl (C=O) groups excluding carboxylic acids is 1. The predicted octanol–water partition coefficient (Wildman–Crippen LogP) is 5.02. The van der Waals surface area contributed by atoms with Crippen molar-refractivity contribution in [1.29, 1.82) is 0 Å². The van der Waals surface area contributed by atoms with Crippen LogP contribution in [0.1, 0.15) is 0 Å². The van der Waals surface area contributed by atoms with E-state index in [4.69, 9.17) is 44.3 Å². The zero-order chi connectivity index (χ0) is 19.2. The first-order valence-electron chi connectivity index (χ1n) is 8.01. The molecule has 0 saturated carbocycles. The molecule has 0 unspecified atom stereocenters. The van der Waals surface area contributed by atoms with Crippen LogP contribution in [0.3, 0.4) is 0 Å². The number of esters is 1. The third-order valence-electron chi connectivity index (χ3n) is 4.33. The van der Waals surface area contributed by atoms with Gasteiger partial charge in [0.2, 0.25) is 5.52 Å². The second-order valence-corrected chi connectivity index (χ2v) is 8.24. The molecule has 4 nitrogen and oxygen atoms in total. The number of halogens is 3. The highest BCUT2D eigenvalue weighted by molar-refractivity contribution is 6.75. The maximum Gasteiger partial charge on any atom is 0.364 e. The second kappa shape index (κ2) is 6.71. The van der Waals surface area contributed by atoms with Crippen molar-refractivity contribution < 1.29 is 18.7 Å². The fraction of sp³-hybridized carbons (Fsp3) is 0.100. The van der Waals surface area contributed by atoms with Crippen LogP contribution >= 0.6 is 34.8 Å². The van der Waals surface area contributed by atoms with Crippen molar-refractivity contribution in [3.63, 3.8) is 0 Å². The summed E-state index contributed by atoms with van der Waals surface area (Å²) < 4.78 is 10.5. The van der Waals surface area contributed by atoms with Gasteiger partial charge in [0.05, 0.1) is 17.9 Å². The molecule has 0 amide bonds. The Balaban J connectivity index is 2.00. The van der Waals surface area contributed by atoms with E-state index in [-0.39, 0.29) is 5.75 Å². The van der Waals surface area contributed by atoms with Gasteiger partial charge in [-0.3, -0.25) is 0 Å². The molecule has 0 aliphatic rings. The smallest absolute Gasteiger partial charge is 0.364 e. The van der Waals surface area contributed by atoms with Gasteiger partial charge in [0, 0.05) is 12.1 Å². The maximum absolute atomic E-state index is 12.1. The number of hydrogen-bond acceptors (Lipinski definition) is 3. The van der Waals surface area contributed by atoms with E-state index in [0.717, 1.165) is 21.7 Å². The summed E-state index contributed by atoms with van der Waals surface area (Å²) in [5.41, 5.74) is 1.02. The van der Waals surface area contributed by atoms with Crippen molar-refractivity contribution in [3.8, 4) is 11.5 Å². The van der Waals surface area contributed by atoms with Gasteiger partial charge >= 0.3 is 5.97 Å². The number of nitrogens with zero attached hydrogens (tertiary/aromatic N) is 1. The van der Waals surface area contributed by atoms with Crippen LogP contribution in [0.2, 0.25) is 0 Å². The largest absolute Gasteiger partial charge is 0.493 e. The van der Waals surface area contributed by atoms with E-state index in [9.17, 15) is 4.79 Å². The number of ether oxygens (including phenoxy) is 2. The first kappa shape index (κ1) is 18.1. The molecule has 0 radical (unpaired) electrons. The normalized spacial score (nSPS) is 11.9. The quantitative estimate of drug-likeness (QED) is 0.114. The van der Waals surface area contributed by atoms with Crippen LogP contribution < -0.4 is 13.9 Å². The average molecular weight is 422 g/mol. The summed E-state index contributed by atoms with van der Waals surface area (Å²) in [4.78, 5) is 12.1. The average Bonchev–Trinajstić information content (AvgIpc) is 2.66. The molecule has 0 atom stereocenters. The summed E-state index contributed by atoms with van der Waals surface area (Å²) in [6, 6.07) is 15.7. The van der Waals surface area contributed by atoms with E-state index >= 15 is 0 Å². The minimum absolute atomic E-state index is 0.203. The minimum atomic E-state index is -2.19. The molecule has 27 heavy (non-hydrogen) atoms. The zero-order valence-electron chi connectivity index (χ0n) is 14.1. The molecule has 2 aromatic heterocycles. The highest BCUT2D eigenvalue weighted by Gasteiger charge is 2.34. The van der Waals surface area contributed by atoms with Crippen molar-refractivity contribution in [2.75, 3.05) is 7.11 Å². The molecule has 2 aromatic carbocycles. The molecule has 0 bridgehead atoms. The Morgan fingerprint density at radius 2 is 1.78 bits per heavy atom. The number of hydrogen-bond donors (Lipinski definition) is 0. The van der Waals surface area contributed by atoms with Gasteiger partial charge in [0.25, 0.3) is 3.79 Å². The summed E-state index contributed by atoms with van der Waals surface area (Å²) in [5.74, 6) is -0.429. The Morgan fingerprint density at radius 3 is 2.52 bits per heavy atom. The van der Waals surface area contributed by atoms with E-state index in [1.54, 1.807) is 6.07 Å². The molecular formula is C20H13Cl3NO3+. The van der Waals surface area contributed by atoms with Gasteiger partial charge in [0.15, 0.2) is 23.9 Å². The van der Waals surface area contributed by atoms with Crippen molar-refractivity contribution in [2.24, 2.45) is 0 Å². The van der Waals surface area contributed by atoms with Crippen molar-refractivity contribution in [1.82, 2.24) is 0 Å². The van der Waals surface area contributed by atoms with Crippen LogP contribution in [0, 0.1) is 0 Å². The number of methoxy groups -OCH3 is 1. The first-order chi connectivity index (χ1) is 12.9. The minimum Gasteiger partial charge on any atom is -0.493 e. The number of carbonyl (C=O) groups is 1. The van der Waals surface area contributed by atoms with Crippen LogP contribution in [0.4, 0.5) is 0 Å². The van der Waals surface area contributed by atoms with E-state index in [1.165, 1.54) is 7.11 Å². The van der Waals surface area contributed by atoms with Crippen LogP contribution in [0.15, 0.2) is 60.9 Å². The van der Waals surface area contributed by atoms with Crippen LogP contribution in [-0.4, -0.2) is 16.9 Å². The van der Waals surface area contributed by atoms with E-state index in [0.29, 0.717) is 11.1 Å². The Hall–Kier alpha value is -2.27. The summed E-state index contributed by atoms with van der Waals surface area (Å²) in [5, 5.41) is 3.76. The molecule has 0 fully saturated rings. The van der Waals surface area contributed by atoms with Crippen molar-refractivity contribution in [3.05, 3.63) is 60.9 Å². The van der Waals surface area contributed by atoms with Crippen LogP contribution in [-0.2, 0) is 4.79 Å². The molecule has 0 aliphatic heterocycles. The maximum atomic E-state index is 12.1. The van der Waals surface area contributed by atoms with Gasteiger partial charge in [-0.1, -0.05) is 53.0 Å². The predicted molar refractivity (Wildman–Crippen MR) is 107 cm³/mol. The van der Waals surface area contributed by atoms with Crippen molar-refractivity contribution in [2.45, 2.75) is 3.79 Å². The Morgan fingerprint density at radius 1 is 1.00 bits per heavy atom. The molecule has 0 saturated heterocycles. The number of alkyl halides is 3. The molecule has 4 aromatic rings. The Kier molecular flexibility index (Phi) is 4.50. The van der Waals surface area contributed by atoms with Crippen molar-refractivity contribution >= 4 is 67.8 Å². The third-order valence-corrected chi connectivity index (χ3v) is 4.79. The van der Waals surface area contributed by atoms with Gasteiger partial charge < -0.3 is 9.47 Å². The van der Waals surface area contributed by atoms with Crippen LogP contribution in [0.5, 0.6) is 11.5 Å². The number of benzene rings is 2. The number of rotatable bonds is 2. The summed E-state index contributed by atoms with van der Waals surface area (Å²) in [6.45, 7) is 0. The Labute approximate surface area is 169 Å². The topological polar surface area (TPSA) is 39.6 Å². The van der Waals surface area contributed by atoms with Gasteiger partial charge in [-0.05, 0) is 29.0 Å². The first-order valence-corrected chi connectivity index (χ1v) is 9.14. The molecule has 0 aliphatic carbocycles.